The van der Waals surface area contributed by atoms with Crippen LogP contribution in [-0.2, 0) is 24.2 Å². The number of hydrogen-bond donors (Lipinski definition) is 1. The lowest BCUT2D eigenvalue weighted by molar-refractivity contribution is -0.136. The lowest BCUT2D eigenvalue weighted by Gasteiger charge is -2.10. The molecule has 0 spiro atoms. The van der Waals surface area contributed by atoms with E-state index < -0.39 is 17.6 Å². The molecule has 0 radical (unpaired) electrons. The Morgan fingerprint density at radius 1 is 0.943 bits per heavy atom. The summed E-state index contributed by atoms with van der Waals surface area (Å²) in [5.41, 5.74) is 3.21. The van der Waals surface area contributed by atoms with Crippen LogP contribution < -0.4 is 5.32 Å². The van der Waals surface area contributed by atoms with Gasteiger partial charge in [0.15, 0.2) is 5.65 Å². The molecule has 186 valence electrons. The summed E-state index contributed by atoms with van der Waals surface area (Å²) >= 11 is 3.51. The van der Waals surface area contributed by atoms with Gasteiger partial charge >= 0.3 is 6.18 Å². The minimum Gasteiger partial charge on any atom is -0.321 e. The van der Waals surface area contributed by atoms with Crippen LogP contribution in [0, 0.1) is 41.5 Å². The van der Waals surface area contributed by atoms with Gasteiger partial charge in [0.2, 0.25) is 5.91 Å². The first kappa shape index (κ1) is 24.9. The molecule has 0 fully saturated rings. The number of anilines is 1. The number of carbonyl (C=O) groups is 1. The molecule has 1 N–H and O–H groups in total. The van der Waals surface area contributed by atoms with E-state index in [9.17, 15) is 18.0 Å². The molecule has 0 aromatic carbocycles. The highest BCUT2D eigenvalue weighted by molar-refractivity contribution is 9.10. The largest absolute Gasteiger partial charge is 0.417 e. The number of aromatic nitrogens is 7. The molecule has 4 aromatic rings. The monoisotopic (exact) mass is 552 g/mol. The highest BCUT2D eigenvalue weighted by atomic mass is 79.9. The number of fused-ring (bicyclic) bond motifs is 1. The average molecular weight is 553 g/mol. The molecule has 9 nitrogen and oxygen atoms in total. The van der Waals surface area contributed by atoms with Crippen LogP contribution in [0.2, 0.25) is 0 Å². The summed E-state index contributed by atoms with van der Waals surface area (Å²) in [4.78, 5) is 17.1. The Hall–Kier alpha value is -3.22. The lowest BCUT2D eigenvalue weighted by atomic mass is 10.1. The second kappa shape index (κ2) is 8.77. The Labute approximate surface area is 207 Å². The normalized spacial score (nSPS) is 12.1. The third kappa shape index (κ3) is 4.56. The molecule has 4 rings (SSSR count). The molecule has 0 aliphatic heterocycles. The fourth-order valence-electron chi connectivity index (χ4n) is 4.08. The van der Waals surface area contributed by atoms with Crippen molar-refractivity contribution in [2.24, 2.45) is 0 Å². The first-order chi connectivity index (χ1) is 16.3. The van der Waals surface area contributed by atoms with Crippen molar-refractivity contribution < 1.29 is 18.0 Å². The Bertz CT molecular complexity index is 1460. The van der Waals surface area contributed by atoms with Crippen molar-refractivity contribution in [3.63, 3.8) is 0 Å². The summed E-state index contributed by atoms with van der Waals surface area (Å²) in [6.45, 7) is 10.4. The zero-order valence-electron chi connectivity index (χ0n) is 20.0. The predicted molar refractivity (Wildman–Crippen MR) is 127 cm³/mol. The Morgan fingerprint density at radius 2 is 1.54 bits per heavy atom. The van der Waals surface area contributed by atoms with Crippen LogP contribution in [0.1, 0.15) is 39.7 Å². The first-order valence-corrected chi connectivity index (χ1v) is 11.5. The average Bonchev–Trinajstić information content (AvgIpc) is 3.29. The van der Waals surface area contributed by atoms with Crippen molar-refractivity contribution in [2.45, 2.75) is 60.9 Å². The maximum Gasteiger partial charge on any atom is 0.417 e. The van der Waals surface area contributed by atoms with E-state index in [4.69, 9.17) is 0 Å². The molecule has 0 saturated heterocycles. The molecule has 0 bridgehead atoms. The summed E-state index contributed by atoms with van der Waals surface area (Å²) in [6.07, 6.45) is -4.56. The molecule has 35 heavy (non-hydrogen) atoms. The fraction of sp³-hybridized carbons (Fsp3) is 0.409. The van der Waals surface area contributed by atoms with Crippen LogP contribution in [0.3, 0.4) is 0 Å². The molecular formula is C22H24BrF3N8O. The van der Waals surface area contributed by atoms with Crippen LogP contribution in [0.25, 0.3) is 11.0 Å². The number of halogens is 4. The summed E-state index contributed by atoms with van der Waals surface area (Å²) in [6, 6.07) is 0.990. The topological polar surface area (TPSA) is 95.5 Å². The minimum atomic E-state index is -4.56. The SMILES string of the molecule is Cc1cc(C(F)(F)F)c2c(C)nn(CC(=O)Nc3c(C)nn(Cn4nc(C)c(Br)c4C)c3C)c2n1. The Morgan fingerprint density at radius 3 is 2.14 bits per heavy atom. The number of hydrogen-bond acceptors (Lipinski definition) is 5. The van der Waals surface area contributed by atoms with Gasteiger partial charge in [0.25, 0.3) is 0 Å². The van der Waals surface area contributed by atoms with Gasteiger partial charge in [-0.2, -0.15) is 28.5 Å². The molecule has 0 unspecified atom stereocenters. The van der Waals surface area contributed by atoms with Gasteiger partial charge < -0.3 is 5.32 Å². The van der Waals surface area contributed by atoms with Gasteiger partial charge in [-0.3, -0.25) is 4.79 Å². The van der Waals surface area contributed by atoms with E-state index in [2.05, 4.69) is 41.5 Å². The number of rotatable bonds is 5. The van der Waals surface area contributed by atoms with Gasteiger partial charge in [0.05, 0.1) is 49.6 Å². The molecule has 0 atom stereocenters. The number of carbonyl (C=O) groups excluding carboxylic acids is 1. The van der Waals surface area contributed by atoms with E-state index in [1.54, 1.807) is 16.3 Å². The Balaban J connectivity index is 1.60. The lowest BCUT2D eigenvalue weighted by Crippen LogP contribution is -2.21. The van der Waals surface area contributed by atoms with E-state index in [1.165, 1.54) is 18.5 Å². The first-order valence-electron chi connectivity index (χ1n) is 10.7. The number of alkyl halides is 3. The quantitative estimate of drug-likeness (QED) is 0.390. The molecule has 0 aliphatic rings. The van der Waals surface area contributed by atoms with E-state index in [1.807, 2.05) is 20.8 Å². The van der Waals surface area contributed by atoms with Crippen LogP contribution in [-0.4, -0.2) is 40.2 Å². The number of aryl methyl sites for hydroxylation is 4. The van der Waals surface area contributed by atoms with Crippen LogP contribution in [0.4, 0.5) is 18.9 Å². The number of nitrogens with one attached hydrogen (secondary N) is 1. The van der Waals surface area contributed by atoms with Crippen molar-refractivity contribution in [1.29, 1.82) is 0 Å². The Kier molecular flexibility index (Phi) is 6.24. The van der Waals surface area contributed by atoms with Gasteiger partial charge in [-0.05, 0) is 63.5 Å². The van der Waals surface area contributed by atoms with Crippen molar-refractivity contribution in [1.82, 2.24) is 34.3 Å². The van der Waals surface area contributed by atoms with Crippen molar-refractivity contribution in [3.8, 4) is 0 Å². The van der Waals surface area contributed by atoms with Gasteiger partial charge in [-0.15, -0.1) is 0 Å². The van der Waals surface area contributed by atoms with Gasteiger partial charge in [-0.25, -0.2) is 19.0 Å². The number of amides is 1. The number of pyridine rings is 1. The van der Waals surface area contributed by atoms with Crippen molar-refractivity contribution >= 4 is 38.6 Å². The molecule has 0 aliphatic carbocycles. The zero-order valence-corrected chi connectivity index (χ0v) is 21.6. The van der Waals surface area contributed by atoms with E-state index in [-0.39, 0.29) is 29.0 Å². The van der Waals surface area contributed by atoms with Crippen molar-refractivity contribution in [3.05, 3.63) is 50.3 Å². The zero-order chi connectivity index (χ0) is 25.8. The smallest absolute Gasteiger partial charge is 0.321 e. The summed E-state index contributed by atoms with van der Waals surface area (Å²) < 4.78 is 46.4. The molecule has 13 heteroatoms. The van der Waals surface area contributed by atoms with E-state index >= 15 is 0 Å². The standard InChI is InChI=1S/C22H24BrF3N8O/c1-10-7-16(22(24,25)26)18-11(2)29-32(21(18)27-10)8-17(35)28-20-13(4)31-34(15(20)6)9-33-14(5)19(23)12(3)30-33/h7H,8-9H2,1-6H3,(H,28,35). The molecule has 4 heterocycles. The maximum atomic E-state index is 13.6. The third-order valence-electron chi connectivity index (χ3n) is 5.81. The minimum absolute atomic E-state index is 0.0178. The second-order valence-electron chi connectivity index (χ2n) is 8.47. The fourth-order valence-corrected chi connectivity index (χ4v) is 4.37. The molecule has 1 amide bonds. The predicted octanol–water partition coefficient (Wildman–Crippen LogP) is 4.60. The van der Waals surface area contributed by atoms with Crippen LogP contribution >= 0.6 is 15.9 Å². The summed E-state index contributed by atoms with van der Waals surface area (Å²) in [5, 5.41) is 15.9. The summed E-state index contributed by atoms with van der Waals surface area (Å²) in [5.74, 6) is -0.453. The van der Waals surface area contributed by atoms with Gasteiger partial charge in [0, 0.05) is 5.69 Å². The molecular weight excluding hydrogens is 529 g/mol. The highest BCUT2D eigenvalue weighted by Crippen LogP contribution is 2.36. The second-order valence-corrected chi connectivity index (χ2v) is 9.26. The molecule has 4 aromatic heterocycles. The third-order valence-corrected chi connectivity index (χ3v) is 6.96. The van der Waals surface area contributed by atoms with E-state index in [0.717, 1.165) is 21.9 Å². The highest BCUT2D eigenvalue weighted by Gasteiger charge is 2.35. The van der Waals surface area contributed by atoms with Crippen LogP contribution in [0.5, 0.6) is 0 Å². The molecule has 0 saturated carbocycles. The maximum absolute atomic E-state index is 13.6. The van der Waals surface area contributed by atoms with Crippen molar-refractivity contribution in [2.75, 3.05) is 5.32 Å². The van der Waals surface area contributed by atoms with Gasteiger partial charge in [-0.1, -0.05) is 0 Å². The summed E-state index contributed by atoms with van der Waals surface area (Å²) in [7, 11) is 0. The number of nitrogens with zero attached hydrogens (tertiary/aromatic N) is 7. The van der Waals surface area contributed by atoms with Crippen LogP contribution in [0.15, 0.2) is 10.5 Å². The van der Waals surface area contributed by atoms with Gasteiger partial charge in [0.1, 0.15) is 13.2 Å². The van der Waals surface area contributed by atoms with E-state index in [0.29, 0.717) is 23.7 Å².